The van der Waals surface area contributed by atoms with Gasteiger partial charge in [-0.1, -0.05) is 18.2 Å². The van der Waals surface area contributed by atoms with E-state index < -0.39 is 0 Å². The second-order valence-electron chi connectivity index (χ2n) is 5.30. The molecule has 0 unspecified atom stereocenters. The number of hydrogen-bond acceptors (Lipinski definition) is 5. The van der Waals surface area contributed by atoms with Crippen LogP contribution < -0.4 is 14.8 Å². The monoisotopic (exact) mass is 321 g/mol. The van der Waals surface area contributed by atoms with Crippen LogP contribution in [-0.4, -0.2) is 24.2 Å². The van der Waals surface area contributed by atoms with Gasteiger partial charge in [-0.25, -0.2) is 9.97 Å². The van der Waals surface area contributed by atoms with Gasteiger partial charge in [-0.05, 0) is 30.7 Å². The predicted molar refractivity (Wildman–Crippen MR) is 95.0 cm³/mol. The van der Waals surface area contributed by atoms with Crippen molar-refractivity contribution in [2.45, 2.75) is 6.92 Å². The van der Waals surface area contributed by atoms with E-state index in [2.05, 4.69) is 15.3 Å². The Bertz CT molecular complexity index is 850. The lowest BCUT2D eigenvalue weighted by molar-refractivity contribution is 0.412. The Labute approximate surface area is 141 Å². The number of nitrogens with one attached hydrogen (secondary N) is 1. The number of ether oxygens (including phenoxy) is 2. The molecule has 3 rings (SSSR count). The highest BCUT2D eigenvalue weighted by atomic mass is 16.5. The molecule has 0 saturated heterocycles. The molecule has 0 radical (unpaired) electrons. The van der Waals surface area contributed by atoms with Crippen molar-refractivity contribution in [2.24, 2.45) is 0 Å². The molecule has 0 atom stereocenters. The smallest absolute Gasteiger partial charge is 0.134 e. The molecule has 5 nitrogen and oxygen atoms in total. The van der Waals surface area contributed by atoms with Gasteiger partial charge in [-0.3, -0.25) is 0 Å². The molecule has 1 heterocycles. The number of rotatable bonds is 5. The molecule has 1 aromatic heterocycles. The number of benzene rings is 2. The van der Waals surface area contributed by atoms with E-state index in [1.165, 1.54) is 6.33 Å². The Balaban J connectivity index is 1.91. The van der Waals surface area contributed by atoms with E-state index >= 15 is 0 Å². The molecule has 0 aliphatic heterocycles. The van der Waals surface area contributed by atoms with Crippen LogP contribution in [0, 0.1) is 6.92 Å². The average molecular weight is 321 g/mol. The van der Waals surface area contributed by atoms with Crippen LogP contribution in [0.25, 0.3) is 11.3 Å². The largest absolute Gasteiger partial charge is 0.496 e. The first-order chi connectivity index (χ1) is 11.7. The minimum Gasteiger partial charge on any atom is -0.496 e. The molecule has 5 heteroatoms. The summed E-state index contributed by atoms with van der Waals surface area (Å²) in [5.41, 5.74) is 3.71. The van der Waals surface area contributed by atoms with Crippen molar-refractivity contribution in [2.75, 3.05) is 19.5 Å². The lowest BCUT2D eigenvalue weighted by Crippen LogP contribution is -1.97. The Morgan fingerprint density at radius 2 is 1.67 bits per heavy atom. The Morgan fingerprint density at radius 1 is 0.875 bits per heavy atom. The van der Waals surface area contributed by atoms with Crippen LogP contribution in [0.4, 0.5) is 11.5 Å². The molecular formula is C19H19N3O2. The van der Waals surface area contributed by atoms with Gasteiger partial charge in [0, 0.05) is 23.4 Å². The minimum absolute atomic E-state index is 0.705. The fourth-order valence-corrected chi connectivity index (χ4v) is 2.47. The van der Waals surface area contributed by atoms with Gasteiger partial charge >= 0.3 is 0 Å². The number of para-hydroxylation sites is 1. The summed E-state index contributed by atoms with van der Waals surface area (Å²) >= 11 is 0. The van der Waals surface area contributed by atoms with E-state index in [1.807, 2.05) is 55.5 Å². The van der Waals surface area contributed by atoms with Gasteiger partial charge in [0.25, 0.3) is 0 Å². The van der Waals surface area contributed by atoms with Crippen LogP contribution >= 0.6 is 0 Å². The Morgan fingerprint density at radius 3 is 2.46 bits per heavy atom. The lowest BCUT2D eigenvalue weighted by Gasteiger charge is -2.11. The summed E-state index contributed by atoms with van der Waals surface area (Å²) in [7, 11) is 3.31. The fourth-order valence-electron chi connectivity index (χ4n) is 2.47. The first kappa shape index (κ1) is 15.8. The first-order valence-electron chi connectivity index (χ1n) is 7.58. The molecule has 0 aliphatic carbocycles. The predicted octanol–water partition coefficient (Wildman–Crippen LogP) is 4.21. The minimum atomic E-state index is 0.705. The molecule has 0 spiro atoms. The second-order valence-corrected chi connectivity index (χ2v) is 5.30. The average Bonchev–Trinajstić information content (AvgIpc) is 2.63. The number of nitrogens with zero attached hydrogens (tertiary/aromatic N) is 2. The zero-order valence-corrected chi connectivity index (χ0v) is 13.9. The fraction of sp³-hybridized carbons (Fsp3) is 0.158. The highest BCUT2D eigenvalue weighted by molar-refractivity contribution is 5.70. The van der Waals surface area contributed by atoms with E-state index in [4.69, 9.17) is 9.47 Å². The third kappa shape index (κ3) is 3.30. The van der Waals surface area contributed by atoms with Gasteiger partial charge in [0.2, 0.25) is 0 Å². The second kappa shape index (κ2) is 7.00. The van der Waals surface area contributed by atoms with Crippen LogP contribution in [0.1, 0.15) is 5.56 Å². The third-order valence-electron chi connectivity index (χ3n) is 3.73. The van der Waals surface area contributed by atoms with E-state index in [-0.39, 0.29) is 0 Å². The first-order valence-corrected chi connectivity index (χ1v) is 7.58. The van der Waals surface area contributed by atoms with Gasteiger partial charge in [-0.15, -0.1) is 0 Å². The van der Waals surface area contributed by atoms with Gasteiger partial charge in [-0.2, -0.15) is 0 Å². The van der Waals surface area contributed by atoms with E-state index in [0.717, 1.165) is 34.0 Å². The molecule has 0 fully saturated rings. The molecule has 0 aliphatic rings. The summed E-state index contributed by atoms with van der Waals surface area (Å²) in [5, 5.41) is 3.28. The van der Waals surface area contributed by atoms with E-state index in [0.29, 0.717) is 5.82 Å². The third-order valence-corrected chi connectivity index (χ3v) is 3.73. The van der Waals surface area contributed by atoms with Crippen LogP contribution in [0.5, 0.6) is 11.5 Å². The van der Waals surface area contributed by atoms with Gasteiger partial charge < -0.3 is 14.8 Å². The summed E-state index contributed by atoms with van der Waals surface area (Å²) < 4.78 is 10.8. The quantitative estimate of drug-likeness (QED) is 0.763. The molecule has 0 saturated carbocycles. The molecular weight excluding hydrogens is 302 g/mol. The maximum Gasteiger partial charge on any atom is 0.134 e. The van der Waals surface area contributed by atoms with Crippen molar-refractivity contribution < 1.29 is 9.47 Å². The molecule has 0 amide bonds. The standard InChI is InChI=1S/C19H19N3O2/c1-13-8-9-14(10-18(13)24-3)22-19-11-16(20-12-21-19)15-6-4-5-7-17(15)23-2/h4-12H,1-3H3,(H,20,21,22). The van der Waals surface area contributed by atoms with Crippen molar-refractivity contribution in [1.82, 2.24) is 9.97 Å². The van der Waals surface area contributed by atoms with E-state index in [1.54, 1.807) is 14.2 Å². The molecule has 2 aromatic carbocycles. The zero-order valence-electron chi connectivity index (χ0n) is 13.9. The van der Waals surface area contributed by atoms with Crippen LogP contribution in [-0.2, 0) is 0 Å². The maximum atomic E-state index is 5.40. The molecule has 0 bridgehead atoms. The van der Waals surface area contributed by atoms with Crippen molar-refractivity contribution >= 4 is 11.5 Å². The molecule has 24 heavy (non-hydrogen) atoms. The maximum absolute atomic E-state index is 5.40. The highest BCUT2D eigenvalue weighted by Crippen LogP contribution is 2.30. The highest BCUT2D eigenvalue weighted by Gasteiger charge is 2.08. The van der Waals surface area contributed by atoms with Crippen LogP contribution in [0.2, 0.25) is 0 Å². The van der Waals surface area contributed by atoms with Gasteiger partial charge in [0.15, 0.2) is 0 Å². The summed E-state index contributed by atoms with van der Waals surface area (Å²) in [4.78, 5) is 8.64. The zero-order chi connectivity index (χ0) is 16.9. The number of methoxy groups -OCH3 is 2. The summed E-state index contributed by atoms with van der Waals surface area (Å²) in [6, 6.07) is 15.6. The van der Waals surface area contributed by atoms with Crippen molar-refractivity contribution in [3.8, 4) is 22.8 Å². The van der Waals surface area contributed by atoms with Crippen LogP contribution in [0.15, 0.2) is 54.9 Å². The number of hydrogen-bond donors (Lipinski definition) is 1. The number of anilines is 2. The molecule has 122 valence electrons. The Hall–Kier alpha value is -3.08. The van der Waals surface area contributed by atoms with Gasteiger partial charge in [0.05, 0.1) is 19.9 Å². The summed E-state index contributed by atoms with van der Waals surface area (Å²) in [6.45, 7) is 2.01. The van der Waals surface area contributed by atoms with Crippen molar-refractivity contribution in [3.63, 3.8) is 0 Å². The van der Waals surface area contributed by atoms with E-state index in [9.17, 15) is 0 Å². The van der Waals surface area contributed by atoms with Crippen LogP contribution in [0.3, 0.4) is 0 Å². The Kier molecular flexibility index (Phi) is 4.61. The summed E-state index contributed by atoms with van der Waals surface area (Å²) in [6.07, 6.45) is 1.54. The molecule has 3 aromatic rings. The normalized spacial score (nSPS) is 10.3. The molecule has 1 N–H and O–H groups in total. The lowest BCUT2D eigenvalue weighted by atomic mass is 10.1. The number of aryl methyl sites for hydroxylation is 1. The SMILES string of the molecule is COc1cc(Nc2cc(-c3ccccc3OC)ncn2)ccc1C. The van der Waals surface area contributed by atoms with Crippen molar-refractivity contribution in [1.29, 1.82) is 0 Å². The topological polar surface area (TPSA) is 56.3 Å². The number of aromatic nitrogens is 2. The van der Waals surface area contributed by atoms with Crippen molar-refractivity contribution in [3.05, 3.63) is 60.4 Å². The van der Waals surface area contributed by atoms with Gasteiger partial charge in [0.1, 0.15) is 23.6 Å². The summed E-state index contributed by atoms with van der Waals surface area (Å²) in [5.74, 6) is 2.31.